The van der Waals surface area contributed by atoms with Gasteiger partial charge in [0.25, 0.3) is 0 Å². The Bertz CT molecular complexity index is 400. The van der Waals surface area contributed by atoms with Crippen LogP contribution in [0.25, 0.3) is 0 Å². The number of hydrogen-bond donors (Lipinski definition) is 0. The van der Waals surface area contributed by atoms with Gasteiger partial charge in [-0.15, -0.1) is 0 Å². The molecular weight excluding hydrogens is 196 g/mol. The summed E-state index contributed by atoms with van der Waals surface area (Å²) in [5, 5.41) is 0. The van der Waals surface area contributed by atoms with Crippen molar-refractivity contribution in [3.05, 3.63) is 30.4 Å². The Morgan fingerprint density at radius 1 is 1.50 bits per heavy atom. The standard InChI is InChI=1S/C14H20N2/c1-14(2)12-4-3-11(13(14)9-12)5-7-16-8-6-15-10-16/h3,6,8,10,12-13H,4-5,7,9H2,1-2H3. The van der Waals surface area contributed by atoms with E-state index in [1.807, 2.05) is 12.5 Å². The molecule has 1 aromatic heterocycles. The van der Waals surface area contributed by atoms with Crippen LogP contribution < -0.4 is 0 Å². The average molecular weight is 216 g/mol. The average Bonchev–Trinajstić information content (AvgIpc) is 2.79. The van der Waals surface area contributed by atoms with E-state index >= 15 is 0 Å². The summed E-state index contributed by atoms with van der Waals surface area (Å²) in [6, 6.07) is 0. The van der Waals surface area contributed by atoms with Gasteiger partial charge in [-0.05, 0) is 36.5 Å². The van der Waals surface area contributed by atoms with Gasteiger partial charge in [-0.25, -0.2) is 4.98 Å². The number of aryl methyl sites for hydroxylation is 1. The van der Waals surface area contributed by atoms with Gasteiger partial charge in [-0.2, -0.15) is 0 Å². The minimum atomic E-state index is 0.568. The predicted octanol–water partition coefficient (Wildman–Crippen LogP) is 3.27. The van der Waals surface area contributed by atoms with Crippen molar-refractivity contribution in [3.63, 3.8) is 0 Å². The Kier molecular flexibility index (Phi) is 2.20. The molecule has 0 aliphatic heterocycles. The van der Waals surface area contributed by atoms with Gasteiger partial charge in [-0.3, -0.25) is 0 Å². The van der Waals surface area contributed by atoms with Crippen LogP contribution in [0.3, 0.4) is 0 Å². The van der Waals surface area contributed by atoms with Crippen molar-refractivity contribution in [2.24, 2.45) is 17.3 Å². The molecule has 0 spiro atoms. The fourth-order valence-electron chi connectivity index (χ4n) is 3.43. The van der Waals surface area contributed by atoms with Gasteiger partial charge in [-0.1, -0.05) is 25.5 Å². The van der Waals surface area contributed by atoms with E-state index in [2.05, 4.69) is 35.7 Å². The van der Waals surface area contributed by atoms with Crippen molar-refractivity contribution in [1.29, 1.82) is 0 Å². The van der Waals surface area contributed by atoms with E-state index in [1.165, 1.54) is 19.3 Å². The Hall–Kier alpha value is -1.05. The maximum absolute atomic E-state index is 4.09. The van der Waals surface area contributed by atoms with Crippen molar-refractivity contribution in [2.45, 2.75) is 39.7 Å². The van der Waals surface area contributed by atoms with E-state index in [4.69, 9.17) is 0 Å². The lowest BCUT2D eigenvalue weighted by atomic mass is 9.48. The second kappa shape index (κ2) is 3.47. The van der Waals surface area contributed by atoms with Gasteiger partial charge in [0.15, 0.2) is 0 Å². The van der Waals surface area contributed by atoms with Crippen molar-refractivity contribution < 1.29 is 0 Å². The highest BCUT2D eigenvalue weighted by Gasteiger charge is 2.50. The fourth-order valence-corrected chi connectivity index (χ4v) is 3.43. The molecule has 2 unspecified atom stereocenters. The zero-order valence-electron chi connectivity index (χ0n) is 10.2. The minimum absolute atomic E-state index is 0.568. The van der Waals surface area contributed by atoms with Crippen molar-refractivity contribution >= 4 is 0 Å². The molecule has 1 fully saturated rings. The zero-order valence-corrected chi connectivity index (χ0v) is 10.2. The third-order valence-electron chi connectivity index (χ3n) is 4.80. The monoisotopic (exact) mass is 216 g/mol. The second-order valence-electron chi connectivity index (χ2n) is 5.87. The summed E-state index contributed by atoms with van der Waals surface area (Å²) in [5.41, 5.74) is 2.26. The number of fused-ring (bicyclic) bond motifs is 1. The van der Waals surface area contributed by atoms with Crippen LogP contribution in [0, 0.1) is 17.3 Å². The van der Waals surface area contributed by atoms with E-state index in [1.54, 1.807) is 5.57 Å². The van der Waals surface area contributed by atoms with Crippen LogP contribution in [-0.4, -0.2) is 9.55 Å². The summed E-state index contributed by atoms with van der Waals surface area (Å²) in [6.45, 7) is 5.97. The first kappa shape index (κ1) is 10.1. The smallest absolute Gasteiger partial charge is 0.0946 e. The normalized spacial score (nSPS) is 30.8. The van der Waals surface area contributed by atoms with Gasteiger partial charge < -0.3 is 4.57 Å². The molecule has 3 aliphatic carbocycles. The van der Waals surface area contributed by atoms with E-state index in [-0.39, 0.29) is 0 Å². The maximum Gasteiger partial charge on any atom is 0.0946 e. The highest BCUT2D eigenvalue weighted by atomic mass is 15.0. The number of imidazole rings is 1. The number of rotatable bonds is 3. The summed E-state index contributed by atoms with van der Waals surface area (Å²) < 4.78 is 2.18. The zero-order chi connectivity index (χ0) is 11.2. The van der Waals surface area contributed by atoms with Crippen LogP contribution in [0.2, 0.25) is 0 Å². The highest BCUT2D eigenvalue weighted by Crippen LogP contribution is 2.59. The molecule has 4 rings (SSSR count). The summed E-state index contributed by atoms with van der Waals surface area (Å²) in [5.74, 6) is 1.81. The quantitative estimate of drug-likeness (QED) is 0.709. The van der Waals surface area contributed by atoms with Crippen LogP contribution in [0.1, 0.15) is 33.1 Å². The molecule has 0 saturated heterocycles. The molecule has 3 aliphatic rings. The van der Waals surface area contributed by atoms with Crippen LogP contribution in [-0.2, 0) is 6.54 Å². The maximum atomic E-state index is 4.09. The van der Waals surface area contributed by atoms with Crippen molar-refractivity contribution in [1.82, 2.24) is 9.55 Å². The lowest BCUT2D eigenvalue weighted by Crippen LogP contribution is -2.48. The van der Waals surface area contributed by atoms with Gasteiger partial charge in [0.1, 0.15) is 0 Å². The molecule has 0 aromatic carbocycles. The van der Waals surface area contributed by atoms with Crippen LogP contribution in [0.15, 0.2) is 30.4 Å². The first-order valence-corrected chi connectivity index (χ1v) is 6.32. The summed E-state index contributed by atoms with van der Waals surface area (Å²) in [7, 11) is 0. The summed E-state index contributed by atoms with van der Waals surface area (Å²) in [6.07, 6.45) is 12.3. The largest absolute Gasteiger partial charge is 0.337 e. The van der Waals surface area contributed by atoms with Gasteiger partial charge in [0.05, 0.1) is 6.33 Å². The fraction of sp³-hybridized carbons (Fsp3) is 0.643. The Morgan fingerprint density at radius 2 is 2.38 bits per heavy atom. The predicted molar refractivity (Wildman–Crippen MR) is 64.9 cm³/mol. The van der Waals surface area contributed by atoms with Crippen LogP contribution in [0.5, 0.6) is 0 Å². The molecule has 0 N–H and O–H groups in total. The molecule has 2 nitrogen and oxygen atoms in total. The molecule has 1 heterocycles. The topological polar surface area (TPSA) is 17.8 Å². The molecule has 2 bridgehead atoms. The third kappa shape index (κ3) is 1.43. The lowest BCUT2D eigenvalue weighted by Gasteiger charge is -2.56. The van der Waals surface area contributed by atoms with Crippen molar-refractivity contribution in [2.75, 3.05) is 0 Å². The summed E-state index contributed by atoms with van der Waals surface area (Å²) in [4.78, 5) is 4.09. The Morgan fingerprint density at radius 3 is 3.00 bits per heavy atom. The van der Waals surface area contributed by atoms with E-state index in [0.717, 1.165) is 18.4 Å². The lowest BCUT2D eigenvalue weighted by molar-refractivity contribution is -0.00853. The molecule has 0 amide bonds. The van der Waals surface area contributed by atoms with E-state index < -0.39 is 0 Å². The molecule has 2 heteroatoms. The Balaban J connectivity index is 1.66. The van der Waals surface area contributed by atoms with E-state index in [9.17, 15) is 0 Å². The third-order valence-corrected chi connectivity index (χ3v) is 4.80. The number of aromatic nitrogens is 2. The molecule has 1 saturated carbocycles. The number of hydrogen-bond acceptors (Lipinski definition) is 1. The second-order valence-corrected chi connectivity index (χ2v) is 5.87. The van der Waals surface area contributed by atoms with Crippen molar-refractivity contribution in [3.8, 4) is 0 Å². The van der Waals surface area contributed by atoms with Gasteiger partial charge in [0, 0.05) is 18.9 Å². The molecule has 16 heavy (non-hydrogen) atoms. The number of nitrogens with zero attached hydrogens (tertiary/aromatic N) is 2. The van der Waals surface area contributed by atoms with Crippen LogP contribution >= 0.6 is 0 Å². The first-order chi connectivity index (χ1) is 7.68. The van der Waals surface area contributed by atoms with Gasteiger partial charge in [0.2, 0.25) is 0 Å². The minimum Gasteiger partial charge on any atom is -0.337 e. The van der Waals surface area contributed by atoms with E-state index in [0.29, 0.717) is 5.41 Å². The molecule has 86 valence electrons. The highest BCUT2D eigenvalue weighted by molar-refractivity contribution is 5.23. The molecule has 2 atom stereocenters. The van der Waals surface area contributed by atoms with Crippen LogP contribution in [0.4, 0.5) is 0 Å². The molecular formula is C14H20N2. The molecule has 1 aromatic rings. The molecule has 0 radical (unpaired) electrons. The summed E-state index contributed by atoms with van der Waals surface area (Å²) >= 11 is 0. The Labute approximate surface area is 97.4 Å². The SMILES string of the molecule is CC1(C)C2CC=C(CCn3ccnc3)C1C2. The first-order valence-electron chi connectivity index (χ1n) is 6.32. The van der Waals surface area contributed by atoms with Gasteiger partial charge >= 0.3 is 0 Å². The number of allylic oxidation sites excluding steroid dienone is 2.